The van der Waals surface area contributed by atoms with Crippen molar-refractivity contribution in [2.75, 3.05) is 0 Å². The molecule has 2 atom stereocenters. The molecule has 0 saturated heterocycles. The van der Waals surface area contributed by atoms with Gasteiger partial charge in [-0.25, -0.2) is 8.42 Å². The van der Waals surface area contributed by atoms with Gasteiger partial charge in [0.15, 0.2) is 0 Å². The predicted octanol–water partition coefficient (Wildman–Crippen LogP) is 5.30. The molecule has 0 spiro atoms. The van der Waals surface area contributed by atoms with Crippen molar-refractivity contribution in [2.24, 2.45) is 0 Å². The number of carbonyl (C=O) groups is 1. The van der Waals surface area contributed by atoms with Crippen molar-refractivity contribution in [3.8, 4) is 0 Å². The summed E-state index contributed by atoms with van der Waals surface area (Å²) in [5.41, 5.74) is 7.65. The number of amides is 1. The zero-order chi connectivity index (χ0) is 25.9. The normalized spacial score (nSPS) is 13.3. The number of rotatable bonds is 8. The molecule has 5 nitrogen and oxygen atoms in total. The van der Waals surface area contributed by atoms with Crippen LogP contribution < -0.4 is 10.0 Å². The Morgan fingerprint density at radius 1 is 0.800 bits per heavy atom. The van der Waals surface area contributed by atoms with E-state index in [-0.39, 0.29) is 23.3 Å². The van der Waals surface area contributed by atoms with E-state index in [1.165, 1.54) is 5.56 Å². The van der Waals surface area contributed by atoms with Crippen molar-refractivity contribution < 1.29 is 13.2 Å². The quantitative estimate of drug-likeness (QED) is 0.448. The maximum Gasteiger partial charge on any atom is 0.241 e. The number of sulfonamides is 1. The molecule has 0 heterocycles. The molecule has 6 heteroatoms. The van der Waals surface area contributed by atoms with Crippen LogP contribution in [0.25, 0.3) is 0 Å². The van der Waals surface area contributed by atoms with E-state index in [1.807, 2.05) is 70.2 Å². The zero-order valence-electron chi connectivity index (χ0n) is 21.7. The third-order valence-corrected chi connectivity index (χ3v) is 8.25. The Bertz CT molecular complexity index is 1310. The minimum atomic E-state index is -3.93. The smallest absolute Gasteiger partial charge is 0.241 e. The number of hydrogen-bond donors (Lipinski definition) is 2. The molecule has 3 aromatic rings. The molecule has 1 amide bonds. The van der Waals surface area contributed by atoms with Crippen LogP contribution >= 0.6 is 0 Å². The summed E-state index contributed by atoms with van der Waals surface area (Å²) in [6, 6.07) is 16.1. The molecule has 0 aliphatic rings. The van der Waals surface area contributed by atoms with Gasteiger partial charge in [0.2, 0.25) is 15.9 Å². The monoisotopic (exact) mass is 492 g/mol. The average Bonchev–Trinajstić information content (AvgIpc) is 2.75. The third kappa shape index (κ3) is 6.38. The number of aryl methyl sites for hydroxylation is 6. The summed E-state index contributed by atoms with van der Waals surface area (Å²) in [6.45, 7) is 13.6. The van der Waals surface area contributed by atoms with Crippen LogP contribution in [0.15, 0.2) is 59.5 Å². The van der Waals surface area contributed by atoms with Crippen LogP contribution in [-0.4, -0.2) is 20.4 Å². The fourth-order valence-electron chi connectivity index (χ4n) is 4.72. The molecule has 0 bridgehead atoms. The third-order valence-electron chi connectivity index (χ3n) is 6.48. The van der Waals surface area contributed by atoms with E-state index < -0.39 is 16.1 Å². The Morgan fingerprint density at radius 2 is 1.37 bits per heavy atom. The van der Waals surface area contributed by atoms with Crippen molar-refractivity contribution in [1.82, 2.24) is 10.0 Å². The molecule has 35 heavy (non-hydrogen) atoms. The van der Waals surface area contributed by atoms with Crippen LogP contribution in [0.5, 0.6) is 0 Å². The van der Waals surface area contributed by atoms with Crippen LogP contribution in [0.3, 0.4) is 0 Å². The van der Waals surface area contributed by atoms with E-state index in [0.717, 1.165) is 27.8 Å². The summed E-state index contributed by atoms with van der Waals surface area (Å²) in [7, 11) is -3.93. The number of carbonyl (C=O) groups excluding carboxylic acids is 1. The molecule has 2 N–H and O–H groups in total. The Kier molecular flexibility index (Phi) is 8.18. The van der Waals surface area contributed by atoms with Gasteiger partial charge in [-0.15, -0.1) is 0 Å². The van der Waals surface area contributed by atoms with Gasteiger partial charge in [0.05, 0.1) is 10.9 Å². The van der Waals surface area contributed by atoms with Crippen LogP contribution in [0, 0.1) is 41.5 Å². The second kappa shape index (κ2) is 10.8. The minimum Gasteiger partial charge on any atom is -0.348 e. The molecule has 186 valence electrons. The molecular formula is C29H36N2O3S. The zero-order valence-corrected chi connectivity index (χ0v) is 22.5. The second-order valence-electron chi connectivity index (χ2n) is 9.61. The summed E-state index contributed by atoms with van der Waals surface area (Å²) >= 11 is 0. The van der Waals surface area contributed by atoms with Crippen molar-refractivity contribution >= 4 is 15.9 Å². The van der Waals surface area contributed by atoms with E-state index >= 15 is 0 Å². The van der Waals surface area contributed by atoms with Gasteiger partial charge in [-0.2, -0.15) is 4.72 Å². The molecule has 0 aliphatic carbocycles. The van der Waals surface area contributed by atoms with Gasteiger partial charge >= 0.3 is 0 Å². The first-order valence-electron chi connectivity index (χ1n) is 11.9. The topological polar surface area (TPSA) is 75.3 Å². The highest BCUT2D eigenvalue weighted by atomic mass is 32.2. The first-order chi connectivity index (χ1) is 16.4. The second-order valence-corrected chi connectivity index (χ2v) is 11.3. The van der Waals surface area contributed by atoms with Crippen molar-refractivity contribution in [3.05, 3.63) is 99.1 Å². The fraction of sp³-hybridized carbons (Fsp3) is 0.345. The lowest BCUT2D eigenvalue weighted by atomic mass is 9.96. The first kappa shape index (κ1) is 26.6. The van der Waals surface area contributed by atoms with Crippen LogP contribution in [0.4, 0.5) is 0 Å². The summed E-state index contributed by atoms with van der Waals surface area (Å²) in [4.78, 5) is 13.7. The number of hydrogen-bond acceptors (Lipinski definition) is 3. The van der Waals surface area contributed by atoms with E-state index in [2.05, 4.69) is 29.1 Å². The maximum absolute atomic E-state index is 13.5. The van der Waals surface area contributed by atoms with Crippen molar-refractivity contribution in [2.45, 2.75) is 71.9 Å². The standard InChI is InChI=1S/C29H36N2O3S/c1-18-13-22(5)28(23(6)14-18)35(33,34)31-27(17-25-11-9-8-10-12-25)29(32)30-24(7)26-16-20(3)19(2)15-21(26)4/h8-16,24,27,31H,17H2,1-7H3,(H,30,32)/t24-,27-/m0/s1. The van der Waals surface area contributed by atoms with Crippen LogP contribution in [-0.2, 0) is 21.2 Å². The summed E-state index contributed by atoms with van der Waals surface area (Å²) < 4.78 is 29.7. The number of nitrogens with one attached hydrogen (secondary N) is 2. The lowest BCUT2D eigenvalue weighted by molar-refractivity contribution is -0.123. The molecule has 0 saturated carbocycles. The molecule has 0 unspecified atom stereocenters. The Balaban J connectivity index is 1.93. The highest BCUT2D eigenvalue weighted by Crippen LogP contribution is 2.24. The van der Waals surface area contributed by atoms with Crippen LogP contribution in [0.2, 0.25) is 0 Å². The molecular weight excluding hydrogens is 456 g/mol. The van der Waals surface area contributed by atoms with Gasteiger partial charge in [0, 0.05) is 0 Å². The summed E-state index contributed by atoms with van der Waals surface area (Å²) in [5, 5.41) is 3.05. The lowest BCUT2D eigenvalue weighted by Gasteiger charge is -2.24. The molecule has 0 aliphatic heterocycles. The largest absolute Gasteiger partial charge is 0.348 e. The molecule has 0 aromatic heterocycles. The van der Waals surface area contributed by atoms with E-state index in [1.54, 1.807) is 13.8 Å². The Morgan fingerprint density at radius 3 is 1.97 bits per heavy atom. The molecule has 3 aromatic carbocycles. The molecule has 0 radical (unpaired) electrons. The van der Waals surface area contributed by atoms with E-state index in [0.29, 0.717) is 11.1 Å². The maximum atomic E-state index is 13.5. The van der Waals surface area contributed by atoms with Crippen LogP contribution in [0.1, 0.15) is 57.5 Å². The van der Waals surface area contributed by atoms with Crippen molar-refractivity contribution in [3.63, 3.8) is 0 Å². The highest BCUT2D eigenvalue weighted by Gasteiger charge is 2.29. The van der Waals surface area contributed by atoms with Crippen molar-refractivity contribution in [1.29, 1.82) is 0 Å². The fourth-order valence-corrected chi connectivity index (χ4v) is 6.36. The minimum absolute atomic E-state index is 0.229. The summed E-state index contributed by atoms with van der Waals surface area (Å²) in [5.74, 6) is -0.357. The van der Waals surface area contributed by atoms with Gasteiger partial charge in [-0.1, -0.05) is 60.2 Å². The van der Waals surface area contributed by atoms with Gasteiger partial charge < -0.3 is 5.32 Å². The Hall–Kier alpha value is -2.96. The Labute approximate surface area is 210 Å². The molecule has 0 fully saturated rings. The highest BCUT2D eigenvalue weighted by molar-refractivity contribution is 7.89. The molecule has 3 rings (SSSR count). The van der Waals surface area contributed by atoms with Gasteiger partial charge in [-0.3, -0.25) is 4.79 Å². The van der Waals surface area contributed by atoms with Gasteiger partial charge in [0.1, 0.15) is 6.04 Å². The van der Waals surface area contributed by atoms with E-state index in [9.17, 15) is 13.2 Å². The first-order valence-corrected chi connectivity index (χ1v) is 13.4. The summed E-state index contributed by atoms with van der Waals surface area (Å²) in [6.07, 6.45) is 0.245. The van der Waals surface area contributed by atoms with Gasteiger partial charge in [0.25, 0.3) is 0 Å². The van der Waals surface area contributed by atoms with Gasteiger partial charge in [-0.05, 0) is 93.8 Å². The SMILES string of the molecule is Cc1cc(C)c(S(=O)(=O)N[C@@H](Cc2ccccc2)C(=O)N[C@@H](C)c2cc(C)c(C)cc2C)c(C)c1. The average molecular weight is 493 g/mol. The van der Waals surface area contributed by atoms with E-state index in [4.69, 9.17) is 0 Å². The predicted molar refractivity (Wildman–Crippen MR) is 142 cm³/mol. The lowest BCUT2D eigenvalue weighted by Crippen LogP contribution is -2.48. The number of benzene rings is 3.